The Morgan fingerprint density at radius 2 is 2.05 bits per heavy atom. The van der Waals surface area contributed by atoms with Gasteiger partial charge in [-0.25, -0.2) is 4.39 Å². The maximum Gasteiger partial charge on any atom is 0.127 e. The van der Waals surface area contributed by atoms with Gasteiger partial charge in [-0.2, -0.15) is 0 Å². The van der Waals surface area contributed by atoms with Crippen LogP contribution in [0.5, 0.6) is 0 Å². The minimum Gasteiger partial charge on any atom is -0.390 e. The lowest BCUT2D eigenvalue weighted by atomic mass is 9.94. The van der Waals surface area contributed by atoms with Crippen LogP contribution in [0, 0.1) is 11.7 Å². The molecule has 0 aliphatic carbocycles. The molecule has 1 heterocycles. The molecule has 4 heteroatoms. The van der Waals surface area contributed by atoms with Gasteiger partial charge in [0.2, 0.25) is 0 Å². The summed E-state index contributed by atoms with van der Waals surface area (Å²) in [5, 5.41) is 10.1. The van der Waals surface area contributed by atoms with Crippen LogP contribution >= 0.6 is 0 Å². The SMILES string of the molecule is CC(CN1CCCC(C)(O)CC1)C(N)c1ccccc1F. The molecule has 1 fully saturated rings. The van der Waals surface area contributed by atoms with Crippen molar-refractivity contribution in [2.24, 2.45) is 11.7 Å². The highest BCUT2D eigenvalue weighted by atomic mass is 19.1. The van der Waals surface area contributed by atoms with E-state index in [1.807, 2.05) is 13.0 Å². The topological polar surface area (TPSA) is 49.5 Å². The molecule has 1 aliphatic heterocycles. The normalized spacial score (nSPS) is 27.1. The largest absolute Gasteiger partial charge is 0.390 e. The number of nitrogens with two attached hydrogens (primary N) is 1. The van der Waals surface area contributed by atoms with Crippen LogP contribution in [0.4, 0.5) is 4.39 Å². The second-order valence-corrected chi connectivity index (χ2v) is 6.68. The van der Waals surface area contributed by atoms with Crippen molar-refractivity contribution in [3.63, 3.8) is 0 Å². The molecule has 1 saturated heterocycles. The molecule has 0 aromatic heterocycles. The van der Waals surface area contributed by atoms with Gasteiger partial charge in [0.15, 0.2) is 0 Å². The number of nitrogens with zero attached hydrogens (tertiary/aromatic N) is 1. The number of halogens is 1. The highest BCUT2D eigenvalue weighted by Gasteiger charge is 2.27. The highest BCUT2D eigenvalue weighted by molar-refractivity contribution is 5.21. The third-order valence-electron chi connectivity index (χ3n) is 4.58. The van der Waals surface area contributed by atoms with Crippen LogP contribution in [0.2, 0.25) is 0 Å². The summed E-state index contributed by atoms with van der Waals surface area (Å²) in [4.78, 5) is 2.34. The molecule has 3 unspecified atom stereocenters. The highest BCUT2D eigenvalue weighted by Crippen LogP contribution is 2.25. The zero-order valence-corrected chi connectivity index (χ0v) is 13.1. The van der Waals surface area contributed by atoms with Crippen LogP contribution in [-0.2, 0) is 0 Å². The van der Waals surface area contributed by atoms with Crippen LogP contribution < -0.4 is 5.73 Å². The van der Waals surface area contributed by atoms with Crippen molar-refractivity contribution in [2.75, 3.05) is 19.6 Å². The van der Waals surface area contributed by atoms with Gasteiger partial charge in [0.25, 0.3) is 0 Å². The molecule has 2 rings (SSSR count). The van der Waals surface area contributed by atoms with E-state index in [1.54, 1.807) is 12.1 Å². The minimum atomic E-state index is -0.550. The molecule has 0 spiro atoms. The zero-order chi connectivity index (χ0) is 15.5. The Morgan fingerprint density at radius 3 is 2.76 bits per heavy atom. The van der Waals surface area contributed by atoms with E-state index in [0.717, 1.165) is 38.9 Å². The number of hydrogen-bond acceptors (Lipinski definition) is 3. The van der Waals surface area contributed by atoms with Gasteiger partial charge in [-0.3, -0.25) is 0 Å². The molecule has 0 amide bonds. The predicted octanol–water partition coefficient (Wildman–Crippen LogP) is 2.70. The summed E-state index contributed by atoms with van der Waals surface area (Å²) in [6.45, 7) is 6.67. The lowest BCUT2D eigenvalue weighted by Gasteiger charge is -2.28. The Labute approximate surface area is 126 Å². The summed E-state index contributed by atoms with van der Waals surface area (Å²) in [6, 6.07) is 6.45. The van der Waals surface area contributed by atoms with Crippen molar-refractivity contribution in [3.8, 4) is 0 Å². The Hall–Kier alpha value is -0.970. The van der Waals surface area contributed by atoms with E-state index in [0.29, 0.717) is 5.56 Å². The summed E-state index contributed by atoms with van der Waals surface area (Å²) in [5.41, 5.74) is 6.27. The molecule has 1 aromatic rings. The van der Waals surface area contributed by atoms with Crippen molar-refractivity contribution in [1.29, 1.82) is 0 Å². The fraction of sp³-hybridized carbons (Fsp3) is 0.647. The molecule has 118 valence electrons. The molecular weight excluding hydrogens is 267 g/mol. The molecular formula is C17H27FN2O. The molecule has 0 bridgehead atoms. The Balaban J connectivity index is 1.95. The van der Waals surface area contributed by atoms with Crippen molar-refractivity contribution in [1.82, 2.24) is 4.90 Å². The van der Waals surface area contributed by atoms with Crippen LogP contribution in [0.15, 0.2) is 24.3 Å². The first-order valence-electron chi connectivity index (χ1n) is 7.84. The second kappa shape index (κ2) is 6.86. The maximum absolute atomic E-state index is 13.8. The van der Waals surface area contributed by atoms with Crippen molar-refractivity contribution in [2.45, 2.75) is 44.8 Å². The van der Waals surface area contributed by atoms with Gasteiger partial charge in [0.05, 0.1) is 5.60 Å². The van der Waals surface area contributed by atoms with E-state index in [9.17, 15) is 9.50 Å². The minimum absolute atomic E-state index is 0.171. The standard InChI is InChI=1S/C17H27FN2O/c1-13(16(19)14-6-3-4-7-15(14)18)12-20-10-5-8-17(2,21)9-11-20/h3-4,6-7,13,16,21H,5,8-12,19H2,1-2H3. The lowest BCUT2D eigenvalue weighted by Crippen LogP contribution is -2.35. The summed E-state index contributed by atoms with van der Waals surface area (Å²) >= 11 is 0. The van der Waals surface area contributed by atoms with Gasteiger partial charge in [-0.15, -0.1) is 0 Å². The first kappa shape index (κ1) is 16.4. The quantitative estimate of drug-likeness (QED) is 0.897. The van der Waals surface area contributed by atoms with Gasteiger partial charge < -0.3 is 15.7 Å². The molecule has 3 nitrogen and oxygen atoms in total. The van der Waals surface area contributed by atoms with E-state index in [2.05, 4.69) is 11.8 Å². The first-order valence-corrected chi connectivity index (χ1v) is 7.84. The van der Waals surface area contributed by atoms with Gasteiger partial charge in [0.1, 0.15) is 5.82 Å². The molecule has 3 atom stereocenters. The molecule has 3 N–H and O–H groups in total. The van der Waals surface area contributed by atoms with Crippen LogP contribution in [0.1, 0.15) is 44.7 Å². The number of rotatable bonds is 4. The van der Waals surface area contributed by atoms with E-state index in [4.69, 9.17) is 5.73 Å². The lowest BCUT2D eigenvalue weighted by molar-refractivity contribution is 0.0441. The number of aliphatic hydroxyl groups is 1. The van der Waals surface area contributed by atoms with Crippen LogP contribution in [0.3, 0.4) is 0 Å². The van der Waals surface area contributed by atoms with Crippen molar-refractivity contribution in [3.05, 3.63) is 35.6 Å². The predicted molar refractivity (Wildman–Crippen MR) is 83.4 cm³/mol. The second-order valence-electron chi connectivity index (χ2n) is 6.68. The van der Waals surface area contributed by atoms with Gasteiger partial charge >= 0.3 is 0 Å². The molecule has 1 aliphatic rings. The molecule has 1 aromatic carbocycles. The number of likely N-dealkylation sites (tertiary alicyclic amines) is 1. The Morgan fingerprint density at radius 1 is 1.33 bits per heavy atom. The summed E-state index contributed by atoms with van der Waals surface area (Å²) in [5.74, 6) is -0.0550. The Kier molecular flexibility index (Phi) is 5.36. The fourth-order valence-electron chi connectivity index (χ4n) is 3.07. The average molecular weight is 294 g/mol. The molecule has 0 radical (unpaired) electrons. The van der Waals surface area contributed by atoms with E-state index >= 15 is 0 Å². The molecule has 0 saturated carbocycles. The number of benzene rings is 1. The number of hydrogen-bond donors (Lipinski definition) is 2. The smallest absolute Gasteiger partial charge is 0.127 e. The Bertz CT molecular complexity index is 464. The monoisotopic (exact) mass is 294 g/mol. The first-order chi connectivity index (χ1) is 9.89. The van der Waals surface area contributed by atoms with Gasteiger partial charge in [-0.05, 0) is 44.7 Å². The fourth-order valence-corrected chi connectivity index (χ4v) is 3.07. The van der Waals surface area contributed by atoms with Crippen LogP contribution in [-0.4, -0.2) is 35.2 Å². The summed E-state index contributed by atoms with van der Waals surface area (Å²) in [6.07, 6.45) is 2.63. The summed E-state index contributed by atoms with van der Waals surface area (Å²) < 4.78 is 13.8. The van der Waals surface area contributed by atoms with Crippen LogP contribution in [0.25, 0.3) is 0 Å². The zero-order valence-electron chi connectivity index (χ0n) is 13.1. The average Bonchev–Trinajstić information content (AvgIpc) is 2.60. The van der Waals surface area contributed by atoms with E-state index in [-0.39, 0.29) is 17.8 Å². The van der Waals surface area contributed by atoms with E-state index < -0.39 is 5.60 Å². The third kappa shape index (κ3) is 4.50. The van der Waals surface area contributed by atoms with Crippen molar-refractivity contribution >= 4 is 0 Å². The van der Waals surface area contributed by atoms with Gasteiger partial charge in [-0.1, -0.05) is 25.1 Å². The third-order valence-corrected chi connectivity index (χ3v) is 4.58. The van der Waals surface area contributed by atoms with E-state index in [1.165, 1.54) is 6.07 Å². The summed E-state index contributed by atoms with van der Waals surface area (Å²) in [7, 11) is 0. The van der Waals surface area contributed by atoms with Gasteiger partial charge in [0, 0.05) is 24.7 Å². The van der Waals surface area contributed by atoms with Crippen molar-refractivity contribution < 1.29 is 9.50 Å². The maximum atomic E-state index is 13.8. The molecule has 21 heavy (non-hydrogen) atoms.